The van der Waals surface area contributed by atoms with Crippen molar-refractivity contribution in [3.8, 4) is 0 Å². The summed E-state index contributed by atoms with van der Waals surface area (Å²) in [6.07, 6.45) is 0. The van der Waals surface area contributed by atoms with Gasteiger partial charge in [-0.25, -0.2) is 15.8 Å². The third-order valence-corrected chi connectivity index (χ3v) is 2.88. The highest BCUT2D eigenvalue weighted by atomic mass is 32.1. The first-order chi connectivity index (χ1) is 8.19. The Morgan fingerprint density at radius 1 is 1.29 bits per heavy atom. The molecule has 0 aromatic carbocycles. The van der Waals surface area contributed by atoms with Crippen molar-refractivity contribution in [3.63, 3.8) is 0 Å². The van der Waals surface area contributed by atoms with Gasteiger partial charge in [0.1, 0.15) is 17.5 Å². The summed E-state index contributed by atoms with van der Waals surface area (Å²) in [7, 11) is 0. The van der Waals surface area contributed by atoms with E-state index in [1.54, 1.807) is 17.4 Å². The smallest absolute Gasteiger partial charge is 0.145 e. The molecule has 5 nitrogen and oxygen atoms in total. The average Bonchev–Trinajstić information content (AvgIpc) is 2.81. The minimum absolute atomic E-state index is 0.256. The van der Waals surface area contributed by atoms with Crippen molar-refractivity contribution in [2.45, 2.75) is 19.8 Å². The van der Waals surface area contributed by atoms with Crippen molar-refractivity contribution in [2.24, 2.45) is 5.84 Å². The van der Waals surface area contributed by atoms with Crippen LogP contribution in [0.3, 0.4) is 0 Å². The summed E-state index contributed by atoms with van der Waals surface area (Å²) in [6, 6.07) is 3.78. The van der Waals surface area contributed by atoms with Crippen molar-refractivity contribution in [2.75, 3.05) is 10.7 Å². The topological polar surface area (TPSA) is 75.9 Å². The van der Waals surface area contributed by atoms with E-state index in [0.717, 1.165) is 17.3 Å². The van der Waals surface area contributed by atoms with E-state index in [1.807, 2.05) is 30.7 Å². The van der Waals surface area contributed by atoms with E-state index in [9.17, 15) is 0 Å². The fraction of sp³-hybridized carbons (Fsp3) is 0.273. The third kappa shape index (κ3) is 2.92. The molecule has 2 aromatic heterocycles. The number of nitrogens with zero attached hydrogens (tertiary/aromatic N) is 2. The molecule has 0 aliphatic carbocycles. The molecular formula is C11H15N5S. The molecule has 0 bridgehead atoms. The van der Waals surface area contributed by atoms with Crippen LogP contribution in [0.25, 0.3) is 0 Å². The van der Waals surface area contributed by atoms with Crippen LogP contribution in [0.2, 0.25) is 0 Å². The number of aromatic nitrogens is 2. The number of hydrogen-bond donors (Lipinski definition) is 3. The van der Waals surface area contributed by atoms with Gasteiger partial charge in [-0.1, -0.05) is 13.8 Å². The average molecular weight is 249 g/mol. The third-order valence-electron chi connectivity index (χ3n) is 2.20. The number of anilines is 3. The summed E-state index contributed by atoms with van der Waals surface area (Å²) in [5.74, 6) is 7.77. The first kappa shape index (κ1) is 11.8. The molecule has 0 atom stereocenters. The number of thiophene rings is 1. The van der Waals surface area contributed by atoms with Gasteiger partial charge in [0.15, 0.2) is 0 Å². The second kappa shape index (κ2) is 5.11. The van der Waals surface area contributed by atoms with Crippen LogP contribution in [0, 0.1) is 0 Å². The Bertz CT molecular complexity index is 481. The minimum atomic E-state index is 0.256. The molecule has 0 amide bonds. The van der Waals surface area contributed by atoms with Gasteiger partial charge in [0.25, 0.3) is 0 Å². The second-order valence-electron chi connectivity index (χ2n) is 3.93. The molecule has 0 aliphatic rings. The molecule has 0 fully saturated rings. The van der Waals surface area contributed by atoms with E-state index in [-0.39, 0.29) is 5.92 Å². The van der Waals surface area contributed by atoms with E-state index in [1.165, 1.54) is 0 Å². The number of nitrogens with one attached hydrogen (secondary N) is 2. The Hall–Kier alpha value is -1.66. The molecule has 0 radical (unpaired) electrons. The van der Waals surface area contributed by atoms with Crippen molar-refractivity contribution in [1.29, 1.82) is 0 Å². The lowest BCUT2D eigenvalue weighted by atomic mass is 10.2. The Morgan fingerprint density at radius 3 is 2.65 bits per heavy atom. The summed E-state index contributed by atoms with van der Waals surface area (Å²) in [4.78, 5) is 8.74. The Labute approximate surface area is 104 Å². The number of hydrogen-bond acceptors (Lipinski definition) is 6. The maximum atomic E-state index is 5.40. The molecule has 2 rings (SSSR count). The Balaban J connectivity index is 2.29. The van der Waals surface area contributed by atoms with Crippen molar-refractivity contribution < 1.29 is 0 Å². The predicted molar refractivity (Wildman–Crippen MR) is 71.5 cm³/mol. The zero-order valence-electron chi connectivity index (χ0n) is 9.77. The molecule has 2 heterocycles. The van der Waals surface area contributed by atoms with Gasteiger partial charge in [-0.05, 0) is 11.4 Å². The van der Waals surface area contributed by atoms with Gasteiger partial charge in [0.05, 0.1) is 5.69 Å². The lowest BCUT2D eigenvalue weighted by molar-refractivity contribution is 0.777. The SMILES string of the molecule is CC(C)c1nc(NN)cc(Nc2ccsc2)n1. The molecule has 4 N–H and O–H groups in total. The quantitative estimate of drug-likeness (QED) is 0.573. The highest BCUT2D eigenvalue weighted by Crippen LogP contribution is 2.21. The largest absolute Gasteiger partial charge is 0.339 e. The number of nitrogens with two attached hydrogens (primary N) is 1. The van der Waals surface area contributed by atoms with Gasteiger partial charge in [-0.3, -0.25) is 0 Å². The van der Waals surface area contributed by atoms with Crippen LogP contribution in [-0.4, -0.2) is 9.97 Å². The summed E-state index contributed by atoms with van der Waals surface area (Å²) in [6.45, 7) is 4.09. The summed E-state index contributed by atoms with van der Waals surface area (Å²) >= 11 is 1.63. The van der Waals surface area contributed by atoms with E-state index >= 15 is 0 Å². The van der Waals surface area contributed by atoms with E-state index in [0.29, 0.717) is 5.82 Å². The first-order valence-corrected chi connectivity index (χ1v) is 6.28. The van der Waals surface area contributed by atoms with Crippen molar-refractivity contribution in [1.82, 2.24) is 9.97 Å². The number of nitrogen functional groups attached to an aromatic ring is 1. The zero-order valence-corrected chi connectivity index (χ0v) is 10.6. The number of rotatable bonds is 4. The Kier molecular flexibility index (Phi) is 3.55. The maximum absolute atomic E-state index is 5.40. The molecule has 17 heavy (non-hydrogen) atoms. The van der Waals surface area contributed by atoms with Crippen LogP contribution < -0.4 is 16.6 Å². The van der Waals surface area contributed by atoms with Crippen LogP contribution in [-0.2, 0) is 0 Å². The molecular weight excluding hydrogens is 234 g/mol. The van der Waals surface area contributed by atoms with E-state index in [4.69, 9.17) is 5.84 Å². The standard InChI is InChI=1S/C11H15N5S/c1-7(2)11-14-9(5-10(15-11)16-12)13-8-3-4-17-6-8/h3-7H,12H2,1-2H3,(H2,13,14,15,16). The lowest BCUT2D eigenvalue weighted by Crippen LogP contribution is -2.12. The van der Waals surface area contributed by atoms with Crippen LogP contribution in [0.1, 0.15) is 25.6 Å². The van der Waals surface area contributed by atoms with E-state index < -0.39 is 0 Å². The van der Waals surface area contributed by atoms with Crippen molar-refractivity contribution >= 4 is 28.7 Å². The van der Waals surface area contributed by atoms with Gasteiger partial charge in [0.2, 0.25) is 0 Å². The maximum Gasteiger partial charge on any atom is 0.145 e. The van der Waals surface area contributed by atoms with Crippen LogP contribution in [0.5, 0.6) is 0 Å². The molecule has 0 saturated carbocycles. The molecule has 2 aromatic rings. The highest BCUT2D eigenvalue weighted by Gasteiger charge is 2.07. The van der Waals surface area contributed by atoms with Gasteiger partial charge in [-0.15, -0.1) is 0 Å². The highest BCUT2D eigenvalue weighted by molar-refractivity contribution is 7.08. The second-order valence-corrected chi connectivity index (χ2v) is 4.71. The van der Waals surface area contributed by atoms with Crippen molar-refractivity contribution in [3.05, 3.63) is 28.7 Å². The molecule has 0 saturated heterocycles. The zero-order chi connectivity index (χ0) is 12.3. The molecule has 6 heteroatoms. The molecule has 0 spiro atoms. The first-order valence-electron chi connectivity index (χ1n) is 5.34. The van der Waals surface area contributed by atoms with Crippen LogP contribution >= 0.6 is 11.3 Å². The molecule has 90 valence electrons. The molecule has 0 aliphatic heterocycles. The van der Waals surface area contributed by atoms with Gasteiger partial charge in [-0.2, -0.15) is 11.3 Å². The van der Waals surface area contributed by atoms with Gasteiger partial charge >= 0.3 is 0 Å². The lowest BCUT2D eigenvalue weighted by Gasteiger charge is -2.10. The predicted octanol–water partition coefficient (Wildman–Crippen LogP) is 2.69. The summed E-state index contributed by atoms with van der Waals surface area (Å²) in [5, 5.41) is 7.25. The van der Waals surface area contributed by atoms with Gasteiger partial charge < -0.3 is 10.7 Å². The Morgan fingerprint density at radius 2 is 2.06 bits per heavy atom. The van der Waals surface area contributed by atoms with Crippen LogP contribution in [0.4, 0.5) is 17.3 Å². The minimum Gasteiger partial charge on any atom is -0.339 e. The van der Waals surface area contributed by atoms with Gasteiger partial charge in [0, 0.05) is 17.4 Å². The fourth-order valence-corrected chi connectivity index (χ4v) is 1.93. The van der Waals surface area contributed by atoms with Crippen LogP contribution in [0.15, 0.2) is 22.9 Å². The molecule has 0 unspecified atom stereocenters. The fourth-order valence-electron chi connectivity index (χ4n) is 1.35. The summed E-state index contributed by atoms with van der Waals surface area (Å²) in [5.41, 5.74) is 3.57. The van der Waals surface area contributed by atoms with E-state index in [2.05, 4.69) is 20.7 Å². The summed E-state index contributed by atoms with van der Waals surface area (Å²) < 4.78 is 0. The number of hydrazine groups is 1. The monoisotopic (exact) mass is 249 g/mol. The normalized spacial score (nSPS) is 10.6.